The number of aliphatic imine (C=N–C) groups is 1. The minimum atomic E-state index is -1.33. The lowest BCUT2D eigenvalue weighted by Crippen LogP contribution is -2.55. The van der Waals surface area contributed by atoms with Gasteiger partial charge in [0.05, 0.1) is 19.0 Å². The first kappa shape index (κ1) is 30.8. The molecular weight excluding hydrogens is 498 g/mol. The van der Waals surface area contributed by atoms with Crippen molar-refractivity contribution in [1.29, 1.82) is 0 Å². The molecule has 0 spiro atoms. The molecule has 2 fully saturated rings. The smallest absolute Gasteiger partial charge is 0.305 e. The summed E-state index contributed by atoms with van der Waals surface area (Å²) in [4.78, 5) is 68.7. The van der Waals surface area contributed by atoms with E-state index in [1.807, 2.05) is 4.90 Å². The molecule has 2 aliphatic heterocycles. The van der Waals surface area contributed by atoms with E-state index < -0.39 is 60.8 Å². The largest absolute Gasteiger partial charge is 0.481 e. The van der Waals surface area contributed by atoms with E-state index in [0.29, 0.717) is 26.1 Å². The molecule has 0 radical (unpaired) electrons. The summed E-state index contributed by atoms with van der Waals surface area (Å²) in [5, 5.41) is 19.6. The number of likely N-dealkylation sites (tertiary alicyclic amines) is 1. The van der Waals surface area contributed by atoms with Crippen molar-refractivity contribution in [1.82, 2.24) is 26.2 Å². The Kier molecular flexibility index (Phi) is 12.7. The number of carbonyl (C=O) groups is 5. The van der Waals surface area contributed by atoms with Crippen LogP contribution in [0.1, 0.15) is 51.4 Å². The summed E-state index contributed by atoms with van der Waals surface area (Å²) in [7, 11) is 0. The number of unbranched alkanes of at least 4 members (excludes halogenated alkanes) is 3. The number of carboxylic acid groups (broad SMARTS) is 1. The van der Waals surface area contributed by atoms with Gasteiger partial charge in [-0.05, 0) is 45.2 Å². The molecule has 0 aromatic rings. The Bertz CT molecular complexity index is 879. The molecule has 0 aromatic carbocycles. The molecule has 0 saturated carbocycles. The van der Waals surface area contributed by atoms with Crippen LogP contribution < -0.4 is 38.5 Å². The third-order valence-corrected chi connectivity index (χ3v) is 6.48. The molecule has 214 valence electrons. The van der Waals surface area contributed by atoms with Crippen LogP contribution in [0.3, 0.4) is 0 Å². The number of hydrogen-bond acceptors (Lipinski definition) is 8. The average molecular weight is 540 g/mol. The molecule has 38 heavy (non-hydrogen) atoms. The van der Waals surface area contributed by atoms with E-state index in [2.05, 4.69) is 26.3 Å². The highest BCUT2D eigenvalue weighted by atomic mass is 16.4. The molecule has 0 unspecified atom stereocenters. The van der Waals surface area contributed by atoms with Gasteiger partial charge in [-0.25, -0.2) is 0 Å². The number of nitrogens with one attached hydrogen (secondary N) is 4. The lowest BCUT2D eigenvalue weighted by molar-refractivity contribution is -0.141. The molecule has 11 N–H and O–H groups in total. The minimum Gasteiger partial charge on any atom is -0.481 e. The van der Waals surface area contributed by atoms with Gasteiger partial charge in [0, 0.05) is 19.1 Å². The third-order valence-electron chi connectivity index (χ3n) is 6.48. The quantitative estimate of drug-likeness (QED) is 0.0696. The number of carboxylic acids is 1. The SMILES string of the molecule is NCCCCCCN1C[C@@H]2C[C@H]1C(=O)N[C@@H](CCCN=C(N)N)C(=O)NCC(=O)N[C@@H](CC(=O)O)C(=O)N2. The topological polar surface area (TPSA) is 247 Å². The van der Waals surface area contributed by atoms with Gasteiger partial charge in [-0.2, -0.15) is 0 Å². The zero-order chi connectivity index (χ0) is 28.1. The maximum atomic E-state index is 13.4. The van der Waals surface area contributed by atoms with Gasteiger partial charge in [0.25, 0.3) is 0 Å². The summed E-state index contributed by atoms with van der Waals surface area (Å²) >= 11 is 0. The second-order valence-electron chi connectivity index (χ2n) is 9.60. The number of nitrogens with zero attached hydrogens (tertiary/aromatic N) is 2. The van der Waals surface area contributed by atoms with Gasteiger partial charge in [0.1, 0.15) is 12.1 Å². The first-order valence-electron chi connectivity index (χ1n) is 13.0. The summed E-state index contributed by atoms with van der Waals surface area (Å²) in [6, 6.07) is -3.30. The molecule has 2 saturated heterocycles. The highest BCUT2D eigenvalue weighted by Crippen LogP contribution is 2.20. The van der Waals surface area contributed by atoms with E-state index in [0.717, 1.165) is 25.7 Å². The summed E-state index contributed by atoms with van der Waals surface area (Å²) in [5.74, 6) is -3.69. The van der Waals surface area contributed by atoms with Crippen molar-refractivity contribution in [2.24, 2.45) is 22.2 Å². The molecule has 0 aliphatic carbocycles. The fourth-order valence-electron chi connectivity index (χ4n) is 4.60. The number of aliphatic carboxylic acids is 1. The third kappa shape index (κ3) is 10.5. The Morgan fingerprint density at radius 2 is 1.68 bits per heavy atom. The lowest BCUT2D eigenvalue weighted by atomic mass is 10.1. The van der Waals surface area contributed by atoms with Crippen LogP contribution in [0.4, 0.5) is 0 Å². The number of hydrogen-bond donors (Lipinski definition) is 8. The number of rotatable bonds is 12. The summed E-state index contributed by atoms with van der Waals surface area (Å²) < 4.78 is 0. The van der Waals surface area contributed by atoms with Crippen LogP contribution in [-0.2, 0) is 24.0 Å². The monoisotopic (exact) mass is 539 g/mol. The molecule has 2 bridgehead atoms. The van der Waals surface area contributed by atoms with E-state index >= 15 is 0 Å². The van der Waals surface area contributed by atoms with Gasteiger partial charge in [-0.3, -0.25) is 33.9 Å². The van der Waals surface area contributed by atoms with Crippen LogP contribution in [0, 0.1) is 0 Å². The highest BCUT2D eigenvalue weighted by molar-refractivity contribution is 5.94. The molecule has 15 heteroatoms. The van der Waals surface area contributed by atoms with Crippen LogP contribution in [0.15, 0.2) is 4.99 Å². The second-order valence-corrected chi connectivity index (χ2v) is 9.60. The molecule has 4 amide bonds. The molecule has 2 rings (SSSR count). The first-order chi connectivity index (χ1) is 18.1. The van der Waals surface area contributed by atoms with Crippen LogP contribution in [0.2, 0.25) is 0 Å². The second kappa shape index (κ2) is 15.7. The first-order valence-corrected chi connectivity index (χ1v) is 13.0. The van der Waals surface area contributed by atoms with Gasteiger partial charge in [0.15, 0.2) is 5.96 Å². The Balaban J connectivity index is 2.23. The summed E-state index contributed by atoms with van der Waals surface area (Å²) in [6.45, 7) is 1.35. The van der Waals surface area contributed by atoms with Crippen LogP contribution in [-0.4, -0.2) is 102 Å². The van der Waals surface area contributed by atoms with Crippen molar-refractivity contribution in [3.63, 3.8) is 0 Å². The zero-order valence-corrected chi connectivity index (χ0v) is 21.6. The number of fused-ring (bicyclic) bond motifs is 2. The Hall–Kier alpha value is -3.46. The van der Waals surface area contributed by atoms with E-state index in [1.165, 1.54) is 0 Å². The van der Waals surface area contributed by atoms with Crippen LogP contribution in [0.25, 0.3) is 0 Å². The summed E-state index contributed by atoms with van der Waals surface area (Å²) in [5.41, 5.74) is 16.3. The van der Waals surface area contributed by atoms with Gasteiger partial charge in [0.2, 0.25) is 23.6 Å². The van der Waals surface area contributed by atoms with Crippen LogP contribution >= 0.6 is 0 Å². The van der Waals surface area contributed by atoms with Crippen molar-refractivity contribution in [2.45, 2.75) is 75.5 Å². The Labute approximate surface area is 221 Å². The number of amides is 4. The van der Waals surface area contributed by atoms with E-state index in [-0.39, 0.29) is 31.3 Å². The van der Waals surface area contributed by atoms with Crippen molar-refractivity contribution in [2.75, 3.05) is 32.7 Å². The minimum absolute atomic E-state index is 0.0850. The Morgan fingerprint density at radius 1 is 0.947 bits per heavy atom. The fraction of sp³-hybridized carbons (Fsp3) is 0.739. The van der Waals surface area contributed by atoms with Crippen molar-refractivity contribution < 1.29 is 29.1 Å². The Morgan fingerprint density at radius 3 is 2.37 bits per heavy atom. The average Bonchev–Trinajstić information content (AvgIpc) is 3.25. The molecule has 2 aliphatic rings. The predicted octanol–water partition coefficient (Wildman–Crippen LogP) is -3.31. The number of carbonyl (C=O) groups excluding carboxylic acids is 4. The van der Waals surface area contributed by atoms with E-state index in [1.54, 1.807) is 0 Å². The standard InChI is InChI=1S/C23H41N9O6/c24-7-3-1-2-4-9-32-13-14-10-17(32)22(38)31-15(6-5-8-27-23(25)26)20(36)28-12-18(33)30-16(11-19(34)35)21(37)29-14/h14-17H,1-13,24H2,(H,28,36)(H,29,37)(H,30,33)(H,31,38)(H,34,35)(H4,25,26,27)/t14-,15-,16-,17-/m0/s1. The maximum absolute atomic E-state index is 13.4. The van der Waals surface area contributed by atoms with E-state index in [9.17, 15) is 29.1 Å². The predicted molar refractivity (Wildman–Crippen MR) is 138 cm³/mol. The molecule has 15 nitrogen and oxygen atoms in total. The van der Waals surface area contributed by atoms with Gasteiger partial charge in [-0.1, -0.05) is 12.8 Å². The molecular formula is C23H41N9O6. The normalized spacial score (nSPS) is 25.0. The van der Waals surface area contributed by atoms with Gasteiger partial charge >= 0.3 is 5.97 Å². The van der Waals surface area contributed by atoms with Crippen molar-refractivity contribution in [3.05, 3.63) is 0 Å². The van der Waals surface area contributed by atoms with E-state index in [4.69, 9.17) is 17.2 Å². The lowest BCUT2D eigenvalue weighted by Gasteiger charge is -2.26. The van der Waals surface area contributed by atoms with Gasteiger partial charge in [-0.15, -0.1) is 0 Å². The maximum Gasteiger partial charge on any atom is 0.305 e. The van der Waals surface area contributed by atoms with Crippen LogP contribution in [0.5, 0.6) is 0 Å². The molecule has 0 aromatic heterocycles. The summed E-state index contributed by atoms with van der Waals surface area (Å²) in [6.07, 6.45) is 3.91. The number of guanidine groups is 1. The highest BCUT2D eigenvalue weighted by Gasteiger charge is 2.39. The number of nitrogens with two attached hydrogens (primary N) is 3. The fourth-order valence-corrected chi connectivity index (χ4v) is 4.60. The molecule has 4 atom stereocenters. The van der Waals surface area contributed by atoms with Gasteiger partial charge < -0.3 is 43.6 Å². The van der Waals surface area contributed by atoms with Crippen molar-refractivity contribution >= 4 is 35.6 Å². The van der Waals surface area contributed by atoms with Crippen molar-refractivity contribution in [3.8, 4) is 0 Å². The molecule has 2 heterocycles. The zero-order valence-electron chi connectivity index (χ0n) is 21.6.